The van der Waals surface area contributed by atoms with Gasteiger partial charge in [-0.05, 0) is 63.6 Å². The number of carboxylic acids is 1. The number of anilines is 1. The number of aromatic carboxylic acids is 1. The quantitative estimate of drug-likeness (QED) is 0.168. The van der Waals surface area contributed by atoms with Crippen LogP contribution < -0.4 is 15.2 Å². The Morgan fingerprint density at radius 1 is 1.04 bits per heavy atom. The summed E-state index contributed by atoms with van der Waals surface area (Å²) in [6.45, 7) is 7.76. The number of fused-ring (bicyclic) bond motifs is 1. The summed E-state index contributed by atoms with van der Waals surface area (Å²) < 4.78 is 53.6. The zero-order valence-corrected chi connectivity index (χ0v) is 27.6. The molecule has 5 rings (SSSR count). The molecule has 10 nitrogen and oxygen atoms in total. The van der Waals surface area contributed by atoms with Crippen molar-refractivity contribution in [3.63, 3.8) is 0 Å². The molecule has 48 heavy (non-hydrogen) atoms. The summed E-state index contributed by atoms with van der Waals surface area (Å²) >= 11 is 0.869. The molecule has 1 amide bonds. The van der Waals surface area contributed by atoms with E-state index in [1.54, 1.807) is 17.8 Å². The van der Waals surface area contributed by atoms with Crippen LogP contribution >= 0.6 is 11.3 Å². The van der Waals surface area contributed by atoms with Crippen molar-refractivity contribution in [1.82, 2.24) is 19.4 Å². The first-order valence-corrected chi connectivity index (χ1v) is 15.7. The van der Waals surface area contributed by atoms with Crippen molar-refractivity contribution in [2.45, 2.75) is 45.6 Å². The molecule has 0 fully saturated rings. The number of halogens is 3. The average molecular weight is 681 g/mol. The Kier molecular flexibility index (Phi) is 9.66. The number of benzene rings is 2. The molecule has 0 bridgehead atoms. The molecule has 0 aliphatic heterocycles. The third kappa shape index (κ3) is 7.88. The Labute approximate surface area is 278 Å². The van der Waals surface area contributed by atoms with Crippen LogP contribution in [0.25, 0.3) is 27.2 Å². The van der Waals surface area contributed by atoms with Crippen LogP contribution in [-0.4, -0.2) is 57.2 Å². The number of alkyl halides is 3. The van der Waals surface area contributed by atoms with Gasteiger partial charge in [0.1, 0.15) is 34.6 Å². The topological polar surface area (TPSA) is 122 Å². The minimum absolute atomic E-state index is 0.103. The van der Waals surface area contributed by atoms with E-state index in [1.807, 2.05) is 51.1 Å². The molecule has 3 heterocycles. The first kappa shape index (κ1) is 34.2. The van der Waals surface area contributed by atoms with E-state index in [1.165, 1.54) is 42.4 Å². The van der Waals surface area contributed by atoms with E-state index in [9.17, 15) is 27.9 Å². The minimum atomic E-state index is -4.60. The van der Waals surface area contributed by atoms with E-state index >= 15 is 0 Å². The van der Waals surface area contributed by atoms with Crippen molar-refractivity contribution >= 4 is 40.3 Å². The number of amides is 1. The molecule has 1 N–H and O–H groups in total. The Morgan fingerprint density at radius 3 is 2.44 bits per heavy atom. The highest BCUT2D eigenvalue weighted by atomic mass is 32.1. The van der Waals surface area contributed by atoms with E-state index in [0.29, 0.717) is 34.9 Å². The molecular formula is C34H33F3N5O5S-. The van der Waals surface area contributed by atoms with Crippen LogP contribution in [0.1, 0.15) is 54.6 Å². The van der Waals surface area contributed by atoms with Gasteiger partial charge < -0.3 is 29.6 Å². The summed E-state index contributed by atoms with van der Waals surface area (Å²) in [6, 6.07) is 15.8. The molecule has 0 saturated heterocycles. The summed E-state index contributed by atoms with van der Waals surface area (Å²) in [6.07, 6.45) is -2.86. The molecule has 252 valence electrons. The SMILES string of the molecule is C[C@@H](Oc1cc(-n2cnc3cc(-c4ccc(NCCN(C)C(=O)OC(C)(C)C)nc4)ccc32)sc1C(=O)[O-])c1ccccc1C(F)(F)F. The van der Waals surface area contributed by atoms with Gasteiger partial charge in [0.2, 0.25) is 0 Å². The molecule has 5 aromatic rings. The minimum Gasteiger partial charge on any atom is -0.544 e. The predicted octanol–water partition coefficient (Wildman–Crippen LogP) is 6.95. The highest BCUT2D eigenvalue weighted by Crippen LogP contribution is 2.39. The molecule has 0 spiro atoms. The largest absolute Gasteiger partial charge is 0.544 e. The molecule has 1 atom stereocenters. The van der Waals surface area contributed by atoms with Gasteiger partial charge in [0.15, 0.2) is 0 Å². The fourth-order valence-corrected chi connectivity index (χ4v) is 5.80. The van der Waals surface area contributed by atoms with Crippen LogP contribution in [0, 0.1) is 0 Å². The number of imidazole rings is 1. The summed E-state index contributed by atoms with van der Waals surface area (Å²) in [4.78, 5) is 34.3. The van der Waals surface area contributed by atoms with Gasteiger partial charge in [-0.1, -0.05) is 24.3 Å². The Balaban J connectivity index is 1.30. The van der Waals surface area contributed by atoms with Crippen molar-refractivity contribution in [2.75, 3.05) is 25.5 Å². The summed E-state index contributed by atoms with van der Waals surface area (Å²) in [5.41, 5.74) is 1.43. The van der Waals surface area contributed by atoms with Gasteiger partial charge in [-0.15, -0.1) is 11.3 Å². The van der Waals surface area contributed by atoms with Crippen LogP contribution in [0.2, 0.25) is 0 Å². The first-order chi connectivity index (χ1) is 22.6. The highest BCUT2D eigenvalue weighted by Gasteiger charge is 2.35. The van der Waals surface area contributed by atoms with Gasteiger partial charge in [-0.25, -0.2) is 14.8 Å². The first-order valence-electron chi connectivity index (χ1n) is 14.9. The fraction of sp³-hybridized carbons (Fsp3) is 0.294. The molecule has 2 aromatic carbocycles. The smallest absolute Gasteiger partial charge is 0.416 e. The number of rotatable bonds is 10. The molecule has 0 saturated carbocycles. The zero-order chi connectivity index (χ0) is 34.8. The number of hydrogen-bond donors (Lipinski definition) is 1. The zero-order valence-electron chi connectivity index (χ0n) is 26.8. The maximum atomic E-state index is 13.6. The number of likely N-dealkylation sites (N-methyl/N-ethyl adjacent to an activating group) is 1. The van der Waals surface area contributed by atoms with Gasteiger partial charge in [-0.2, -0.15) is 13.2 Å². The Bertz CT molecular complexity index is 1930. The lowest BCUT2D eigenvalue weighted by molar-refractivity contribution is -0.254. The van der Waals surface area contributed by atoms with Gasteiger partial charge in [0.25, 0.3) is 0 Å². The number of nitrogens with zero attached hydrogens (tertiary/aromatic N) is 4. The lowest BCUT2D eigenvalue weighted by Gasteiger charge is -2.24. The van der Waals surface area contributed by atoms with Gasteiger partial charge in [-0.3, -0.25) is 4.57 Å². The van der Waals surface area contributed by atoms with E-state index in [4.69, 9.17) is 9.47 Å². The van der Waals surface area contributed by atoms with E-state index in [-0.39, 0.29) is 16.2 Å². The normalized spacial score (nSPS) is 12.5. The summed E-state index contributed by atoms with van der Waals surface area (Å²) in [7, 11) is 1.67. The van der Waals surface area contributed by atoms with Crippen molar-refractivity contribution in [2.24, 2.45) is 0 Å². The third-order valence-electron chi connectivity index (χ3n) is 7.22. The number of thiophene rings is 1. The number of nitrogens with one attached hydrogen (secondary N) is 1. The van der Waals surface area contributed by atoms with Gasteiger partial charge in [0, 0.05) is 43.5 Å². The van der Waals surface area contributed by atoms with Crippen LogP contribution in [0.5, 0.6) is 5.75 Å². The van der Waals surface area contributed by atoms with Crippen molar-refractivity contribution in [3.8, 4) is 21.9 Å². The van der Waals surface area contributed by atoms with Crippen LogP contribution in [0.15, 0.2) is 73.2 Å². The number of aromatic nitrogens is 3. The van der Waals surface area contributed by atoms with E-state index < -0.39 is 35.5 Å². The number of carbonyl (C=O) groups is 2. The van der Waals surface area contributed by atoms with Crippen LogP contribution in [-0.2, 0) is 10.9 Å². The molecule has 14 heteroatoms. The lowest BCUT2D eigenvalue weighted by atomic mass is 10.0. The summed E-state index contributed by atoms with van der Waals surface area (Å²) in [5, 5.41) is 15.6. The average Bonchev–Trinajstić information content (AvgIpc) is 3.64. The van der Waals surface area contributed by atoms with E-state index in [0.717, 1.165) is 28.5 Å². The lowest BCUT2D eigenvalue weighted by Crippen LogP contribution is -2.36. The van der Waals surface area contributed by atoms with Crippen LogP contribution in [0.3, 0.4) is 0 Å². The second-order valence-corrected chi connectivity index (χ2v) is 13.0. The molecule has 3 aromatic heterocycles. The molecule has 0 radical (unpaired) electrons. The Morgan fingerprint density at radius 2 is 1.77 bits per heavy atom. The van der Waals surface area contributed by atoms with Crippen molar-refractivity contribution < 1.29 is 37.3 Å². The fourth-order valence-electron chi connectivity index (χ4n) is 4.89. The standard InChI is InChI=1S/C34H34F3N5O5S/c1-20(23-8-6-7-9-24(23)34(35,36)37)46-27-17-29(48-30(27)31(43)44)42-19-40-25-16-21(10-12-26(25)42)22-11-13-28(39-18-22)38-14-15-41(5)32(45)47-33(2,3)4/h6-13,16-20H,14-15H2,1-5H3,(H,38,39)(H,43,44)/p-1/t20-/m1/s1. The Hall–Kier alpha value is -5.11. The maximum absolute atomic E-state index is 13.6. The summed E-state index contributed by atoms with van der Waals surface area (Å²) in [5.74, 6) is -0.976. The number of ether oxygens (including phenoxy) is 2. The third-order valence-corrected chi connectivity index (χ3v) is 8.31. The molecule has 0 unspecified atom stereocenters. The number of carbonyl (C=O) groups excluding carboxylic acids is 2. The second-order valence-electron chi connectivity index (χ2n) is 12.0. The van der Waals surface area contributed by atoms with Gasteiger partial charge >= 0.3 is 12.3 Å². The highest BCUT2D eigenvalue weighted by molar-refractivity contribution is 7.16. The maximum Gasteiger partial charge on any atom is 0.416 e. The number of pyridine rings is 1. The monoisotopic (exact) mass is 680 g/mol. The predicted molar refractivity (Wildman–Crippen MR) is 174 cm³/mol. The second kappa shape index (κ2) is 13.6. The van der Waals surface area contributed by atoms with Crippen LogP contribution in [0.4, 0.5) is 23.8 Å². The molecule has 0 aliphatic carbocycles. The van der Waals surface area contributed by atoms with E-state index in [2.05, 4.69) is 15.3 Å². The van der Waals surface area contributed by atoms with Crippen molar-refractivity contribution in [1.29, 1.82) is 0 Å². The van der Waals surface area contributed by atoms with Gasteiger partial charge in [0.05, 0.1) is 27.4 Å². The number of hydrogen-bond acceptors (Lipinski definition) is 9. The van der Waals surface area contributed by atoms with Crippen molar-refractivity contribution in [3.05, 3.63) is 89.2 Å². The molecule has 0 aliphatic rings. The molecular weight excluding hydrogens is 647 g/mol. The number of carboxylic acid groups (broad SMARTS) is 1.